The fraction of sp³-hybridized carbons (Fsp3) is 0.375. The number of nitrogens with zero attached hydrogens (tertiary/aromatic N) is 3. The third-order valence-electron chi connectivity index (χ3n) is 3.47. The highest BCUT2D eigenvalue weighted by atomic mass is 16.2. The molecule has 1 aromatic rings. The van der Waals surface area contributed by atoms with Gasteiger partial charge in [0.15, 0.2) is 0 Å². The van der Waals surface area contributed by atoms with Crippen molar-refractivity contribution < 1.29 is 4.79 Å². The van der Waals surface area contributed by atoms with Crippen LogP contribution in [0.1, 0.15) is 6.92 Å². The number of anilines is 1. The molecule has 1 aliphatic heterocycles. The Hall–Kier alpha value is -2.32. The minimum atomic E-state index is -0.187. The molecule has 1 aromatic carbocycles. The first-order valence-electron chi connectivity index (χ1n) is 7.20. The van der Waals surface area contributed by atoms with Crippen molar-refractivity contribution in [2.24, 2.45) is 0 Å². The standard InChI is InChI=1S/C16H20N4O/c1-2-19(15-6-4-3-5-7-15)13-14(12-17)16(21)20-10-8-18-9-11-20/h3-7,13,18H,2,8-11H2,1H3/b14-13-. The second-order valence-electron chi connectivity index (χ2n) is 4.82. The van der Waals surface area contributed by atoms with Crippen molar-refractivity contribution in [2.45, 2.75) is 6.92 Å². The van der Waals surface area contributed by atoms with E-state index in [1.807, 2.05) is 48.2 Å². The minimum absolute atomic E-state index is 0.183. The number of nitrogens with one attached hydrogen (secondary N) is 1. The number of para-hydroxylation sites is 1. The lowest BCUT2D eigenvalue weighted by atomic mass is 10.2. The molecule has 0 bridgehead atoms. The molecular weight excluding hydrogens is 264 g/mol. The van der Waals surface area contributed by atoms with E-state index >= 15 is 0 Å². The molecule has 0 saturated carbocycles. The van der Waals surface area contributed by atoms with Gasteiger partial charge in [-0.15, -0.1) is 0 Å². The average Bonchev–Trinajstić information content (AvgIpc) is 2.57. The Morgan fingerprint density at radius 2 is 2.05 bits per heavy atom. The van der Waals surface area contributed by atoms with Crippen molar-refractivity contribution >= 4 is 11.6 Å². The molecule has 1 N–H and O–H groups in total. The lowest BCUT2D eigenvalue weighted by molar-refractivity contribution is -0.127. The first-order chi connectivity index (χ1) is 10.3. The van der Waals surface area contributed by atoms with E-state index in [4.69, 9.17) is 0 Å². The molecule has 2 rings (SSSR count). The van der Waals surface area contributed by atoms with Gasteiger partial charge in [0.25, 0.3) is 5.91 Å². The highest BCUT2D eigenvalue weighted by Crippen LogP contribution is 2.15. The second kappa shape index (κ2) is 7.46. The number of piperazine rings is 1. The summed E-state index contributed by atoms with van der Waals surface area (Å²) >= 11 is 0. The maximum atomic E-state index is 12.4. The first kappa shape index (κ1) is 15.1. The zero-order valence-electron chi connectivity index (χ0n) is 12.2. The normalized spacial score (nSPS) is 15.4. The van der Waals surface area contributed by atoms with Crippen molar-refractivity contribution in [3.05, 3.63) is 42.1 Å². The van der Waals surface area contributed by atoms with E-state index in [1.165, 1.54) is 0 Å². The summed E-state index contributed by atoms with van der Waals surface area (Å²) in [6.45, 7) is 5.55. The quantitative estimate of drug-likeness (QED) is 0.670. The Kier molecular flexibility index (Phi) is 5.35. The van der Waals surface area contributed by atoms with Gasteiger partial charge < -0.3 is 15.1 Å². The smallest absolute Gasteiger partial charge is 0.266 e. The number of nitriles is 1. The van der Waals surface area contributed by atoms with Gasteiger partial charge in [-0.25, -0.2) is 0 Å². The summed E-state index contributed by atoms with van der Waals surface area (Å²) in [5.41, 5.74) is 1.16. The van der Waals surface area contributed by atoms with Gasteiger partial charge >= 0.3 is 0 Å². The van der Waals surface area contributed by atoms with E-state index in [1.54, 1.807) is 11.1 Å². The van der Waals surface area contributed by atoms with Gasteiger partial charge in [0.2, 0.25) is 0 Å². The van der Waals surface area contributed by atoms with Crippen LogP contribution in [0.4, 0.5) is 5.69 Å². The van der Waals surface area contributed by atoms with Crippen molar-refractivity contribution in [3.63, 3.8) is 0 Å². The average molecular weight is 284 g/mol. The summed E-state index contributed by atoms with van der Waals surface area (Å²) in [6.07, 6.45) is 1.65. The third kappa shape index (κ3) is 3.83. The number of benzene rings is 1. The number of carbonyl (C=O) groups excluding carboxylic acids is 1. The van der Waals surface area contributed by atoms with Crippen LogP contribution in [0.25, 0.3) is 0 Å². The van der Waals surface area contributed by atoms with Crippen LogP contribution in [0.15, 0.2) is 42.1 Å². The van der Waals surface area contributed by atoms with Crippen LogP contribution < -0.4 is 10.2 Å². The van der Waals surface area contributed by atoms with Crippen molar-refractivity contribution in [2.75, 3.05) is 37.6 Å². The van der Waals surface area contributed by atoms with Gasteiger partial charge in [0, 0.05) is 44.6 Å². The number of rotatable bonds is 4. The van der Waals surface area contributed by atoms with E-state index < -0.39 is 0 Å². The summed E-state index contributed by atoms with van der Waals surface area (Å²) in [7, 11) is 0. The molecule has 5 heteroatoms. The van der Waals surface area contributed by atoms with E-state index in [0.717, 1.165) is 18.8 Å². The molecular formula is C16H20N4O. The summed E-state index contributed by atoms with van der Waals surface area (Å²) in [5.74, 6) is -0.187. The summed E-state index contributed by atoms with van der Waals surface area (Å²) in [6, 6.07) is 11.8. The number of hydrogen-bond donors (Lipinski definition) is 1. The molecule has 0 unspecified atom stereocenters. The largest absolute Gasteiger partial charge is 0.347 e. The molecule has 1 fully saturated rings. The fourth-order valence-corrected chi connectivity index (χ4v) is 2.29. The Labute approximate surface area is 125 Å². The molecule has 0 aromatic heterocycles. The highest BCUT2D eigenvalue weighted by molar-refractivity contribution is 5.97. The topological polar surface area (TPSA) is 59.4 Å². The summed E-state index contributed by atoms with van der Waals surface area (Å²) < 4.78 is 0. The molecule has 110 valence electrons. The number of hydrogen-bond acceptors (Lipinski definition) is 4. The number of amides is 1. The van der Waals surface area contributed by atoms with Gasteiger partial charge in [0.05, 0.1) is 0 Å². The molecule has 0 radical (unpaired) electrons. The zero-order valence-corrected chi connectivity index (χ0v) is 12.2. The molecule has 0 aliphatic carbocycles. The Bertz CT molecular complexity index is 541. The molecule has 1 amide bonds. The molecule has 21 heavy (non-hydrogen) atoms. The monoisotopic (exact) mass is 284 g/mol. The van der Waals surface area contributed by atoms with E-state index in [-0.39, 0.29) is 11.5 Å². The van der Waals surface area contributed by atoms with E-state index in [2.05, 4.69) is 5.32 Å². The molecule has 0 spiro atoms. The van der Waals surface area contributed by atoms with Gasteiger partial charge in [-0.1, -0.05) is 18.2 Å². The second-order valence-corrected chi connectivity index (χ2v) is 4.82. The predicted molar refractivity (Wildman–Crippen MR) is 82.6 cm³/mol. The molecule has 1 aliphatic rings. The van der Waals surface area contributed by atoms with Crippen molar-refractivity contribution in [1.82, 2.24) is 10.2 Å². The SMILES string of the molecule is CCN(/C=C(/C#N)C(=O)N1CCNCC1)c1ccccc1. The zero-order chi connectivity index (χ0) is 15.1. The van der Waals surface area contributed by atoms with Crippen molar-refractivity contribution in [3.8, 4) is 6.07 Å². The van der Waals surface area contributed by atoms with Crippen LogP contribution in [-0.2, 0) is 4.79 Å². The van der Waals surface area contributed by atoms with Gasteiger partial charge in [-0.05, 0) is 19.1 Å². The first-order valence-corrected chi connectivity index (χ1v) is 7.20. The van der Waals surface area contributed by atoms with Crippen LogP contribution in [0.3, 0.4) is 0 Å². The summed E-state index contributed by atoms with van der Waals surface area (Å²) in [4.78, 5) is 16.0. The Morgan fingerprint density at radius 1 is 1.38 bits per heavy atom. The fourth-order valence-electron chi connectivity index (χ4n) is 2.29. The number of carbonyl (C=O) groups is 1. The van der Waals surface area contributed by atoms with Crippen LogP contribution in [-0.4, -0.2) is 43.5 Å². The lowest BCUT2D eigenvalue weighted by Crippen LogP contribution is -2.47. The van der Waals surface area contributed by atoms with Gasteiger partial charge in [-0.3, -0.25) is 4.79 Å². The predicted octanol–water partition coefficient (Wildman–Crippen LogP) is 1.35. The Balaban J connectivity index is 2.18. The molecule has 5 nitrogen and oxygen atoms in total. The highest BCUT2D eigenvalue weighted by Gasteiger charge is 2.20. The lowest BCUT2D eigenvalue weighted by Gasteiger charge is -2.27. The van der Waals surface area contributed by atoms with Crippen LogP contribution in [0.5, 0.6) is 0 Å². The van der Waals surface area contributed by atoms with Crippen LogP contribution >= 0.6 is 0 Å². The third-order valence-corrected chi connectivity index (χ3v) is 3.47. The molecule has 1 saturated heterocycles. The van der Waals surface area contributed by atoms with Gasteiger partial charge in [0.1, 0.15) is 11.6 Å². The van der Waals surface area contributed by atoms with E-state index in [0.29, 0.717) is 19.6 Å². The minimum Gasteiger partial charge on any atom is -0.347 e. The van der Waals surface area contributed by atoms with Crippen LogP contribution in [0.2, 0.25) is 0 Å². The molecule has 1 heterocycles. The van der Waals surface area contributed by atoms with Crippen LogP contribution in [0, 0.1) is 11.3 Å². The maximum absolute atomic E-state index is 12.4. The van der Waals surface area contributed by atoms with Gasteiger partial charge in [-0.2, -0.15) is 5.26 Å². The summed E-state index contributed by atoms with van der Waals surface area (Å²) in [5, 5.41) is 12.5. The van der Waals surface area contributed by atoms with E-state index in [9.17, 15) is 10.1 Å². The Morgan fingerprint density at radius 3 is 2.62 bits per heavy atom. The molecule has 0 atom stereocenters. The maximum Gasteiger partial charge on any atom is 0.266 e. The van der Waals surface area contributed by atoms with Crippen molar-refractivity contribution in [1.29, 1.82) is 5.26 Å².